The Balaban J connectivity index is 2.49. The maximum atomic E-state index is 11.9. The second-order valence-corrected chi connectivity index (χ2v) is 5.13. The highest BCUT2D eigenvalue weighted by Gasteiger charge is 2.13. The number of aromatic amines is 1. The first-order chi connectivity index (χ1) is 8.90. The number of halogens is 1. The normalized spacial score (nSPS) is 12.5. The fraction of sp³-hybridized carbons (Fsp3) is 0.286. The van der Waals surface area contributed by atoms with Crippen molar-refractivity contribution in [1.29, 1.82) is 0 Å². The third kappa shape index (κ3) is 2.63. The number of allylic oxidation sites excluding steroid dienone is 1. The van der Waals surface area contributed by atoms with Crippen LogP contribution in [0.25, 0.3) is 16.6 Å². The standard InChI is InChI=1S/C14H16ClN3O/c1-8(9(2)14(19)18(3)4)13-16-11-6-5-10(15)7-12(11)17-13/h5-7H,1-4H3,(H,16,17)/b9-8+. The van der Waals surface area contributed by atoms with Crippen LogP contribution in [0.15, 0.2) is 23.8 Å². The number of hydrogen-bond donors (Lipinski definition) is 1. The number of imidazole rings is 1. The SMILES string of the molecule is C/C(C(=O)N(C)C)=C(/C)c1nc2ccc(Cl)cc2[nH]1. The quantitative estimate of drug-likeness (QED) is 0.858. The van der Waals surface area contributed by atoms with E-state index in [2.05, 4.69) is 9.97 Å². The lowest BCUT2D eigenvalue weighted by molar-refractivity contribution is -0.124. The van der Waals surface area contributed by atoms with Gasteiger partial charge in [0.25, 0.3) is 0 Å². The van der Waals surface area contributed by atoms with Crippen LogP contribution in [0.3, 0.4) is 0 Å². The van der Waals surface area contributed by atoms with Crippen molar-refractivity contribution >= 4 is 34.1 Å². The summed E-state index contributed by atoms with van der Waals surface area (Å²) < 4.78 is 0. The van der Waals surface area contributed by atoms with Crippen molar-refractivity contribution in [3.63, 3.8) is 0 Å². The molecule has 1 aromatic carbocycles. The summed E-state index contributed by atoms with van der Waals surface area (Å²) >= 11 is 5.94. The van der Waals surface area contributed by atoms with Gasteiger partial charge in [-0.25, -0.2) is 4.98 Å². The molecule has 1 heterocycles. The van der Waals surface area contributed by atoms with E-state index in [1.807, 2.05) is 19.1 Å². The van der Waals surface area contributed by atoms with Crippen LogP contribution in [0.1, 0.15) is 19.7 Å². The van der Waals surface area contributed by atoms with Crippen molar-refractivity contribution in [2.45, 2.75) is 13.8 Å². The summed E-state index contributed by atoms with van der Waals surface area (Å²) in [5.41, 5.74) is 3.22. The minimum atomic E-state index is -0.0176. The van der Waals surface area contributed by atoms with Crippen LogP contribution < -0.4 is 0 Å². The molecular formula is C14H16ClN3O. The molecule has 0 radical (unpaired) electrons. The molecule has 0 fully saturated rings. The summed E-state index contributed by atoms with van der Waals surface area (Å²) in [7, 11) is 3.47. The van der Waals surface area contributed by atoms with Gasteiger partial charge in [-0.05, 0) is 32.0 Å². The topological polar surface area (TPSA) is 49.0 Å². The molecule has 4 nitrogen and oxygen atoms in total. The number of likely N-dealkylation sites (N-methyl/N-ethyl adjacent to an activating group) is 1. The second kappa shape index (κ2) is 5.05. The highest BCUT2D eigenvalue weighted by Crippen LogP contribution is 2.22. The molecule has 0 saturated heterocycles. The van der Waals surface area contributed by atoms with E-state index in [4.69, 9.17) is 11.6 Å². The Bertz CT molecular complexity index is 670. The monoisotopic (exact) mass is 277 g/mol. The van der Waals surface area contributed by atoms with E-state index >= 15 is 0 Å². The Kier molecular flexibility index (Phi) is 3.62. The van der Waals surface area contributed by atoms with Crippen molar-refractivity contribution in [2.24, 2.45) is 0 Å². The van der Waals surface area contributed by atoms with Crippen molar-refractivity contribution in [1.82, 2.24) is 14.9 Å². The van der Waals surface area contributed by atoms with Crippen molar-refractivity contribution in [2.75, 3.05) is 14.1 Å². The zero-order chi connectivity index (χ0) is 14.2. The third-order valence-electron chi connectivity index (χ3n) is 3.09. The summed E-state index contributed by atoms with van der Waals surface area (Å²) in [6, 6.07) is 5.48. The fourth-order valence-electron chi connectivity index (χ4n) is 1.83. The summed E-state index contributed by atoms with van der Waals surface area (Å²) in [5, 5.41) is 0.658. The molecule has 0 aliphatic carbocycles. The van der Waals surface area contributed by atoms with Gasteiger partial charge >= 0.3 is 0 Å². The van der Waals surface area contributed by atoms with E-state index in [-0.39, 0.29) is 5.91 Å². The number of nitrogens with zero attached hydrogens (tertiary/aromatic N) is 2. The number of aromatic nitrogens is 2. The van der Waals surface area contributed by atoms with Gasteiger partial charge in [0.1, 0.15) is 5.82 Å². The molecule has 5 heteroatoms. The van der Waals surface area contributed by atoms with Gasteiger partial charge in [-0.1, -0.05) is 11.6 Å². The molecule has 100 valence electrons. The smallest absolute Gasteiger partial charge is 0.249 e. The average molecular weight is 278 g/mol. The van der Waals surface area contributed by atoms with Crippen molar-refractivity contribution in [3.05, 3.63) is 34.6 Å². The predicted octanol–water partition coefficient (Wildman–Crippen LogP) is 3.10. The fourth-order valence-corrected chi connectivity index (χ4v) is 2.00. The Morgan fingerprint density at radius 1 is 1.32 bits per heavy atom. The van der Waals surface area contributed by atoms with Gasteiger partial charge in [0.05, 0.1) is 11.0 Å². The highest BCUT2D eigenvalue weighted by atomic mass is 35.5. The number of benzene rings is 1. The van der Waals surface area contributed by atoms with Crippen LogP contribution in [-0.4, -0.2) is 34.9 Å². The van der Waals surface area contributed by atoms with E-state index in [0.717, 1.165) is 16.6 Å². The Morgan fingerprint density at radius 3 is 2.63 bits per heavy atom. The van der Waals surface area contributed by atoms with Crippen LogP contribution in [0.2, 0.25) is 5.02 Å². The Morgan fingerprint density at radius 2 is 2.00 bits per heavy atom. The molecule has 1 N–H and O–H groups in total. The Labute approximate surface area is 117 Å². The minimum Gasteiger partial charge on any atom is -0.345 e. The molecular weight excluding hydrogens is 262 g/mol. The first-order valence-electron chi connectivity index (χ1n) is 5.95. The molecule has 0 unspecified atom stereocenters. The average Bonchev–Trinajstić information content (AvgIpc) is 2.78. The molecule has 19 heavy (non-hydrogen) atoms. The highest BCUT2D eigenvalue weighted by molar-refractivity contribution is 6.31. The number of H-pyrrole nitrogens is 1. The third-order valence-corrected chi connectivity index (χ3v) is 3.32. The lowest BCUT2D eigenvalue weighted by atomic mass is 10.1. The molecule has 2 rings (SSSR count). The van der Waals surface area contributed by atoms with Crippen LogP contribution in [-0.2, 0) is 4.79 Å². The summed E-state index contributed by atoms with van der Waals surface area (Å²) in [6.07, 6.45) is 0. The van der Waals surface area contributed by atoms with Crippen molar-refractivity contribution < 1.29 is 4.79 Å². The molecule has 0 spiro atoms. The lowest BCUT2D eigenvalue weighted by Crippen LogP contribution is -2.23. The predicted molar refractivity (Wildman–Crippen MR) is 78.1 cm³/mol. The molecule has 0 bridgehead atoms. The molecule has 0 saturated carbocycles. The number of hydrogen-bond acceptors (Lipinski definition) is 2. The van der Waals surface area contributed by atoms with E-state index in [1.165, 1.54) is 0 Å². The molecule has 0 aliphatic heterocycles. The Hall–Kier alpha value is -1.81. The number of carbonyl (C=O) groups is 1. The first kappa shape index (κ1) is 13.6. The minimum absolute atomic E-state index is 0.0176. The van der Waals surface area contributed by atoms with E-state index in [9.17, 15) is 4.79 Å². The van der Waals surface area contributed by atoms with Gasteiger partial charge < -0.3 is 9.88 Å². The van der Waals surface area contributed by atoms with Crippen LogP contribution in [0.4, 0.5) is 0 Å². The van der Waals surface area contributed by atoms with Crippen molar-refractivity contribution in [3.8, 4) is 0 Å². The maximum absolute atomic E-state index is 11.9. The molecule has 1 aromatic heterocycles. The van der Waals surface area contributed by atoms with Gasteiger partial charge in [-0.3, -0.25) is 4.79 Å². The van der Waals surface area contributed by atoms with E-state index in [0.29, 0.717) is 16.4 Å². The van der Waals surface area contributed by atoms with Crippen LogP contribution >= 0.6 is 11.6 Å². The van der Waals surface area contributed by atoms with Gasteiger partial charge in [0, 0.05) is 30.3 Å². The first-order valence-corrected chi connectivity index (χ1v) is 6.32. The summed E-state index contributed by atoms with van der Waals surface area (Å²) in [4.78, 5) is 21.1. The van der Waals surface area contributed by atoms with Gasteiger partial charge in [-0.15, -0.1) is 0 Å². The summed E-state index contributed by atoms with van der Waals surface area (Å²) in [5.74, 6) is 0.681. The molecule has 1 amide bonds. The largest absolute Gasteiger partial charge is 0.345 e. The maximum Gasteiger partial charge on any atom is 0.249 e. The zero-order valence-electron chi connectivity index (χ0n) is 11.4. The van der Waals surface area contributed by atoms with Crippen LogP contribution in [0.5, 0.6) is 0 Å². The number of nitrogens with one attached hydrogen (secondary N) is 1. The van der Waals surface area contributed by atoms with Gasteiger partial charge in [0.15, 0.2) is 0 Å². The lowest BCUT2D eigenvalue weighted by Gasteiger charge is -2.12. The number of rotatable bonds is 2. The number of fused-ring (bicyclic) bond motifs is 1. The van der Waals surface area contributed by atoms with E-state index in [1.54, 1.807) is 32.0 Å². The molecule has 0 aliphatic rings. The summed E-state index contributed by atoms with van der Waals surface area (Å²) in [6.45, 7) is 3.69. The van der Waals surface area contributed by atoms with Gasteiger partial charge in [-0.2, -0.15) is 0 Å². The second-order valence-electron chi connectivity index (χ2n) is 4.70. The zero-order valence-corrected chi connectivity index (χ0v) is 12.2. The number of carbonyl (C=O) groups excluding carboxylic acids is 1. The van der Waals surface area contributed by atoms with Crippen LogP contribution in [0, 0.1) is 0 Å². The van der Waals surface area contributed by atoms with Gasteiger partial charge in [0.2, 0.25) is 5.91 Å². The molecule has 2 aromatic rings. The van der Waals surface area contributed by atoms with E-state index < -0.39 is 0 Å². The molecule has 0 atom stereocenters. The number of amides is 1.